The van der Waals surface area contributed by atoms with E-state index in [2.05, 4.69) is 5.32 Å². The topological polar surface area (TPSA) is 108 Å². The molecule has 0 spiro atoms. The molecule has 1 heterocycles. The minimum Gasteiger partial charge on any atom is -0.474 e. The number of benzene rings is 2. The minimum atomic E-state index is -1.06. The molecular weight excluding hydrogens is 376 g/mol. The first-order valence-electron chi connectivity index (χ1n) is 8.86. The van der Waals surface area contributed by atoms with Crippen molar-refractivity contribution in [1.29, 1.82) is 0 Å². The van der Waals surface area contributed by atoms with Gasteiger partial charge in [0.2, 0.25) is 0 Å². The van der Waals surface area contributed by atoms with Crippen LogP contribution in [0.1, 0.15) is 12.6 Å². The molecular formula is C20H20N4O5. The van der Waals surface area contributed by atoms with Gasteiger partial charge in [-0.3, -0.25) is 24.4 Å². The van der Waals surface area contributed by atoms with Crippen molar-refractivity contribution in [3.63, 3.8) is 0 Å². The Bertz CT molecular complexity index is 1120. The van der Waals surface area contributed by atoms with Crippen LogP contribution >= 0.6 is 0 Å². The van der Waals surface area contributed by atoms with Crippen LogP contribution in [0.15, 0.2) is 59.4 Å². The monoisotopic (exact) mass is 396 g/mol. The number of para-hydroxylation sites is 3. The molecule has 0 saturated heterocycles. The van der Waals surface area contributed by atoms with Crippen molar-refractivity contribution in [3.8, 4) is 11.4 Å². The summed E-state index contributed by atoms with van der Waals surface area (Å²) in [6.45, 7) is 3.17. The second kappa shape index (κ2) is 8.01. The summed E-state index contributed by atoms with van der Waals surface area (Å²) in [5.41, 5.74) is 0.717. The maximum Gasteiger partial charge on any atom is 0.310 e. The number of nitrogens with one attached hydrogen (secondary N) is 1. The third-order valence-electron chi connectivity index (χ3n) is 4.54. The van der Waals surface area contributed by atoms with Crippen LogP contribution in [-0.2, 0) is 11.8 Å². The highest BCUT2D eigenvalue weighted by Gasteiger charge is 2.24. The number of hydrogen-bond donors (Lipinski definition) is 1. The standard InChI is InChI=1S/C20H20N4O5/c1-13-18(20(26)23(22(13)3)15-9-5-4-6-10-15)21-19(25)14(2)29-17-12-8-7-11-16(17)24(27)28/h4-12,14H,1-3H3,(H,21,25)/t14-/m1/s1. The highest BCUT2D eigenvalue weighted by molar-refractivity contribution is 5.94. The molecule has 3 rings (SSSR count). The Hall–Kier alpha value is -3.88. The number of nitro benzene ring substituents is 1. The van der Waals surface area contributed by atoms with Crippen LogP contribution in [0.3, 0.4) is 0 Å². The van der Waals surface area contributed by atoms with Crippen molar-refractivity contribution in [1.82, 2.24) is 9.36 Å². The predicted octanol–water partition coefficient (Wildman–Crippen LogP) is 2.80. The molecule has 1 amide bonds. The first-order valence-corrected chi connectivity index (χ1v) is 8.86. The number of carbonyl (C=O) groups is 1. The predicted molar refractivity (Wildman–Crippen MR) is 108 cm³/mol. The van der Waals surface area contributed by atoms with Gasteiger partial charge >= 0.3 is 5.69 Å². The Morgan fingerprint density at radius 2 is 1.76 bits per heavy atom. The van der Waals surface area contributed by atoms with E-state index in [-0.39, 0.29) is 22.7 Å². The molecule has 2 aromatic carbocycles. The lowest BCUT2D eigenvalue weighted by Crippen LogP contribution is -2.32. The molecule has 0 unspecified atom stereocenters. The number of rotatable bonds is 6. The summed E-state index contributed by atoms with van der Waals surface area (Å²) >= 11 is 0. The van der Waals surface area contributed by atoms with E-state index in [0.717, 1.165) is 0 Å². The molecule has 0 fully saturated rings. The zero-order chi connectivity index (χ0) is 21.1. The molecule has 0 saturated carbocycles. The summed E-state index contributed by atoms with van der Waals surface area (Å²) < 4.78 is 8.56. The molecule has 1 N–H and O–H groups in total. The summed E-state index contributed by atoms with van der Waals surface area (Å²) in [4.78, 5) is 36.0. The fourth-order valence-corrected chi connectivity index (χ4v) is 2.89. The SMILES string of the molecule is Cc1c(NC(=O)[C@@H](C)Oc2ccccc2[N+](=O)[O-])c(=O)n(-c2ccccc2)n1C. The van der Waals surface area contributed by atoms with Gasteiger partial charge in [0.25, 0.3) is 11.5 Å². The van der Waals surface area contributed by atoms with Crippen LogP contribution in [0.2, 0.25) is 0 Å². The van der Waals surface area contributed by atoms with Crippen molar-refractivity contribution < 1.29 is 14.5 Å². The molecule has 29 heavy (non-hydrogen) atoms. The van der Waals surface area contributed by atoms with Crippen LogP contribution in [0.5, 0.6) is 5.75 Å². The Morgan fingerprint density at radius 1 is 1.14 bits per heavy atom. The van der Waals surface area contributed by atoms with Gasteiger partial charge < -0.3 is 10.1 Å². The molecule has 1 atom stereocenters. The summed E-state index contributed by atoms with van der Waals surface area (Å²) in [6, 6.07) is 14.8. The molecule has 0 aliphatic heterocycles. The van der Waals surface area contributed by atoms with Gasteiger partial charge in [-0.2, -0.15) is 0 Å². The van der Waals surface area contributed by atoms with E-state index in [9.17, 15) is 19.7 Å². The lowest BCUT2D eigenvalue weighted by molar-refractivity contribution is -0.386. The van der Waals surface area contributed by atoms with E-state index >= 15 is 0 Å². The van der Waals surface area contributed by atoms with Crippen LogP contribution in [0.25, 0.3) is 5.69 Å². The van der Waals surface area contributed by atoms with Gasteiger partial charge in [0.15, 0.2) is 11.9 Å². The Balaban J connectivity index is 1.85. The summed E-state index contributed by atoms with van der Waals surface area (Å²) in [5, 5.41) is 13.7. The number of nitrogens with zero attached hydrogens (tertiary/aromatic N) is 3. The highest BCUT2D eigenvalue weighted by atomic mass is 16.6. The van der Waals surface area contributed by atoms with Gasteiger partial charge in [-0.25, -0.2) is 4.68 Å². The molecule has 9 heteroatoms. The number of nitro groups is 1. The third-order valence-corrected chi connectivity index (χ3v) is 4.54. The van der Waals surface area contributed by atoms with Crippen molar-refractivity contribution in [2.24, 2.45) is 7.05 Å². The zero-order valence-electron chi connectivity index (χ0n) is 16.2. The van der Waals surface area contributed by atoms with Gasteiger partial charge in [-0.1, -0.05) is 30.3 Å². The molecule has 0 aliphatic rings. The summed E-state index contributed by atoms with van der Waals surface area (Å²) in [5.74, 6) is -0.610. The summed E-state index contributed by atoms with van der Waals surface area (Å²) in [7, 11) is 1.71. The van der Waals surface area contributed by atoms with Gasteiger partial charge in [-0.15, -0.1) is 0 Å². The van der Waals surface area contributed by atoms with E-state index < -0.39 is 16.9 Å². The minimum absolute atomic E-state index is 0.0216. The molecule has 9 nitrogen and oxygen atoms in total. The van der Waals surface area contributed by atoms with E-state index in [4.69, 9.17) is 4.74 Å². The maximum atomic E-state index is 12.9. The smallest absolute Gasteiger partial charge is 0.310 e. The van der Waals surface area contributed by atoms with Crippen molar-refractivity contribution in [2.75, 3.05) is 5.32 Å². The van der Waals surface area contributed by atoms with Crippen LogP contribution in [-0.4, -0.2) is 26.3 Å². The maximum absolute atomic E-state index is 12.9. The van der Waals surface area contributed by atoms with Crippen molar-refractivity contribution in [3.05, 3.63) is 80.8 Å². The normalized spacial score (nSPS) is 11.7. The lowest BCUT2D eigenvalue weighted by Gasteiger charge is -2.14. The number of anilines is 1. The van der Waals surface area contributed by atoms with Crippen molar-refractivity contribution >= 4 is 17.3 Å². The average Bonchev–Trinajstić information content (AvgIpc) is 2.92. The molecule has 1 aromatic heterocycles. The molecule has 150 valence electrons. The fraction of sp³-hybridized carbons (Fsp3) is 0.200. The Labute approximate surface area is 166 Å². The lowest BCUT2D eigenvalue weighted by atomic mass is 10.3. The van der Waals surface area contributed by atoms with E-state index in [1.165, 1.54) is 29.8 Å². The number of ether oxygens (including phenoxy) is 1. The first-order chi connectivity index (χ1) is 13.8. The quantitative estimate of drug-likeness (QED) is 0.509. The van der Waals surface area contributed by atoms with E-state index in [1.807, 2.05) is 18.2 Å². The van der Waals surface area contributed by atoms with Gasteiger partial charge in [0.05, 0.1) is 16.3 Å². The first kappa shape index (κ1) is 19.9. The third kappa shape index (κ3) is 3.88. The average molecular weight is 396 g/mol. The van der Waals surface area contributed by atoms with Crippen LogP contribution in [0, 0.1) is 17.0 Å². The van der Waals surface area contributed by atoms with Gasteiger partial charge in [0, 0.05) is 13.1 Å². The van der Waals surface area contributed by atoms with E-state index in [1.54, 1.807) is 36.9 Å². The number of carbonyl (C=O) groups excluding carboxylic acids is 1. The van der Waals surface area contributed by atoms with Crippen LogP contribution < -0.4 is 15.6 Å². The molecule has 3 aromatic rings. The second-order valence-electron chi connectivity index (χ2n) is 6.41. The Morgan fingerprint density at radius 3 is 2.41 bits per heavy atom. The van der Waals surface area contributed by atoms with E-state index in [0.29, 0.717) is 11.4 Å². The zero-order valence-corrected chi connectivity index (χ0v) is 16.2. The molecule has 0 radical (unpaired) electrons. The fourth-order valence-electron chi connectivity index (χ4n) is 2.89. The van der Waals surface area contributed by atoms with Crippen LogP contribution in [0.4, 0.5) is 11.4 Å². The summed E-state index contributed by atoms with van der Waals surface area (Å²) in [6.07, 6.45) is -1.06. The second-order valence-corrected chi connectivity index (χ2v) is 6.41. The molecule has 0 bridgehead atoms. The number of aromatic nitrogens is 2. The molecule has 0 aliphatic carbocycles. The Kier molecular flexibility index (Phi) is 5.49. The largest absolute Gasteiger partial charge is 0.474 e. The van der Waals surface area contributed by atoms with Gasteiger partial charge in [0.1, 0.15) is 5.69 Å². The van der Waals surface area contributed by atoms with Gasteiger partial charge in [-0.05, 0) is 32.0 Å². The highest BCUT2D eigenvalue weighted by Crippen LogP contribution is 2.27. The number of hydrogen-bond acceptors (Lipinski definition) is 5. The number of amides is 1. The van der Waals surface area contributed by atoms with Crippen molar-refractivity contribution in [2.45, 2.75) is 20.0 Å².